The van der Waals surface area contributed by atoms with E-state index in [-0.39, 0.29) is 28.9 Å². The minimum Gasteiger partial charge on any atom is -0.496 e. The van der Waals surface area contributed by atoms with E-state index in [0.29, 0.717) is 39.1 Å². The van der Waals surface area contributed by atoms with Crippen LogP contribution >= 0.6 is 27.5 Å². The molecule has 0 aliphatic carbocycles. The fourth-order valence-electron chi connectivity index (χ4n) is 4.38. The van der Waals surface area contributed by atoms with Crippen LogP contribution in [0.4, 0.5) is 0 Å². The van der Waals surface area contributed by atoms with Crippen molar-refractivity contribution in [2.45, 2.75) is 33.6 Å². The van der Waals surface area contributed by atoms with E-state index in [9.17, 15) is 9.59 Å². The van der Waals surface area contributed by atoms with Crippen molar-refractivity contribution >= 4 is 50.6 Å². The van der Waals surface area contributed by atoms with Gasteiger partial charge in [0.25, 0.3) is 5.56 Å². The van der Waals surface area contributed by atoms with Gasteiger partial charge < -0.3 is 18.9 Å². The summed E-state index contributed by atoms with van der Waals surface area (Å²) in [6.45, 7) is 7.86. The van der Waals surface area contributed by atoms with E-state index < -0.39 is 5.97 Å². The topological polar surface area (TPSA) is 101 Å². The Hall–Kier alpha value is -3.89. The number of ether oxygens (including phenoxy) is 4. The SMILES string of the molecule is CCOc1cc(C=Nn2c(-c3cc(C(C)C)c(OC)cc3C)nc3ccccc3c2=O)c(Br)c(Cl)c1OCC(=O)OC. The van der Waals surface area contributed by atoms with Crippen molar-refractivity contribution in [3.8, 4) is 28.6 Å². The summed E-state index contributed by atoms with van der Waals surface area (Å²) in [6, 6.07) is 12.7. The number of fused-ring (bicyclic) bond motifs is 1. The Bertz CT molecular complexity index is 1730. The van der Waals surface area contributed by atoms with Crippen LogP contribution in [0.3, 0.4) is 0 Å². The monoisotopic (exact) mass is 655 g/mol. The van der Waals surface area contributed by atoms with Crippen molar-refractivity contribution in [3.05, 3.63) is 79.0 Å². The lowest BCUT2D eigenvalue weighted by Crippen LogP contribution is -2.21. The maximum atomic E-state index is 13.8. The van der Waals surface area contributed by atoms with E-state index >= 15 is 0 Å². The lowest BCUT2D eigenvalue weighted by Gasteiger charge is -2.17. The van der Waals surface area contributed by atoms with Crippen LogP contribution in [0.1, 0.15) is 43.4 Å². The number of carbonyl (C=O) groups is 1. The zero-order chi connectivity index (χ0) is 30.6. The van der Waals surface area contributed by atoms with E-state index in [0.717, 1.165) is 22.4 Å². The van der Waals surface area contributed by atoms with E-state index in [1.54, 1.807) is 31.4 Å². The van der Waals surface area contributed by atoms with Gasteiger partial charge in [-0.2, -0.15) is 9.78 Å². The highest BCUT2D eigenvalue weighted by Crippen LogP contribution is 2.42. The molecule has 0 aliphatic heterocycles. The van der Waals surface area contributed by atoms with Crippen LogP contribution in [0.25, 0.3) is 22.3 Å². The van der Waals surface area contributed by atoms with Crippen molar-refractivity contribution in [1.82, 2.24) is 9.66 Å². The first-order valence-corrected chi connectivity index (χ1v) is 14.4. The van der Waals surface area contributed by atoms with Gasteiger partial charge in [0.2, 0.25) is 0 Å². The van der Waals surface area contributed by atoms with Crippen LogP contribution in [-0.4, -0.2) is 49.3 Å². The molecule has 0 aliphatic rings. The first-order chi connectivity index (χ1) is 20.1. The molecule has 0 spiro atoms. The quantitative estimate of drug-likeness (QED) is 0.137. The smallest absolute Gasteiger partial charge is 0.343 e. The van der Waals surface area contributed by atoms with Gasteiger partial charge in [-0.1, -0.05) is 37.6 Å². The van der Waals surface area contributed by atoms with E-state index in [1.165, 1.54) is 18.0 Å². The molecule has 0 amide bonds. The van der Waals surface area contributed by atoms with Crippen LogP contribution in [0.15, 0.2) is 56.8 Å². The summed E-state index contributed by atoms with van der Waals surface area (Å²) in [5.74, 6) is 1.21. The summed E-state index contributed by atoms with van der Waals surface area (Å²) in [5.41, 5.74) is 3.33. The summed E-state index contributed by atoms with van der Waals surface area (Å²) < 4.78 is 23.3. The molecule has 4 rings (SSSR count). The zero-order valence-corrected chi connectivity index (χ0v) is 26.5. The van der Waals surface area contributed by atoms with Crippen LogP contribution < -0.4 is 19.8 Å². The minimum absolute atomic E-state index is 0.165. The van der Waals surface area contributed by atoms with E-state index in [1.807, 2.05) is 32.0 Å². The minimum atomic E-state index is -0.569. The lowest BCUT2D eigenvalue weighted by atomic mass is 9.96. The number of hydrogen-bond acceptors (Lipinski definition) is 8. The first kappa shape index (κ1) is 31.1. The molecule has 0 unspecified atom stereocenters. The third kappa shape index (κ3) is 6.29. The van der Waals surface area contributed by atoms with Gasteiger partial charge in [-0.3, -0.25) is 4.79 Å². The molecule has 0 N–H and O–H groups in total. The molecule has 3 aromatic carbocycles. The number of carbonyl (C=O) groups excluding carboxylic acids is 1. The second kappa shape index (κ2) is 13.4. The molecule has 11 heteroatoms. The molecular weight excluding hydrogens is 626 g/mol. The molecule has 0 bridgehead atoms. The number of halogens is 2. The number of para-hydroxylation sites is 1. The maximum Gasteiger partial charge on any atom is 0.343 e. The standard InChI is InChI=1S/C31H31BrClN3O6/c1-7-41-25-13-19(27(32)28(33)29(25)42-16-26(37)40-6)15-34-36-30(35-23-11-9-8-10-20(23)31(36)38)22-14-21(17(2)3)24(39-5)12-18(22)4/h8-15,17H,7,16H2,1-6H3. The van der Waals surface area contributed by atoms with Gasteiger partial charge in [0.15, 0.2) is 23.9 Å². The van der Waals surface area contributed by atoms with Crippen molar-refractivity contribution in [2.75, 3.05) is 27.4 Å². The van der Waals surface area contributed by atoms with Gasteiger partial charge in [0.1, 0.15) is 10.8 Å². The molecule has 1 aromatic heterocycles. The highest BCUT2D eigenvalue weighted by atomic mass is 79.9. The van der Waals surface area contributed by atoms with Gasteiger partial charge in [0, 0.05) is 15.6 Å². The summed E-state index contributed by atoms with van der Waals surface area (Å²) in [6.07, 6.45) is 1.49. The van der Waals surface area contributed by atoms with Crippen molar-refractivity contribution in [2.24, 2.45) is 5.10 Å². The zero-order valence-electron chi connectivity index (χ0n) is 24.2. The summed E-state index contributed by atoms with van der Waals surface area (Å²) >= 11 is 10.1. The fraction of sp³-hybridized carbons (Fsp3) is 0.290. The molecule has 220 valence electrons. The third-order valence-corrected chi connectivity index (χ3v) is 7.97. The van der Waals surface area contributed by atoms with Gasteiger partial charge in [-0.15, -0.1) is 0 Å². The Morgan fingerprint density at radius 2 is 1.88 bits per heavy atom. The number of hydrogen-bond donors (Lipinski definition) is 0. The Balaban J connectivity index is 1.92. The second-order valence-electron chi connectivity index (χ2n) is 9.60. The number of methoxy groups -OCH3 is 2. The Morgan fingerprint density at radius 3 is 2.55 bits per heavy atom. The van der Waals surface area contributed by atoms with Crippen LogP contribution in [0.2, 0.25) is 5.02 Å². The maximum absolute atomic E-state index is 13.8. The predicted octanol–water partition coefficient (Wildman–Crippen LogP) is 6.75. The number of esters is 1. The van der Waals surface area contributed by atoms with Gasteiger partial charge in [0.05, 0.1) is 37.9 Å². The summed E-state index contributed by atoms with van der Waals surface area (Å²) in [4.78, 5) is 30.3. The molecule has 0 atom stereocenters. The summed E-state index contributed by atoms with van der Waals surface area (Å²) in [7, 11) is 2.90. The van der Waals surface area contributed by atoms with Crippen LogP contribution in [-0.2, 0) is 9.53 Å². The van der Waals surface area contributed by atoms with Crippen LogP contribution in [0, 0.1) is 6.92 Å². The Kier molecular flexibility index (Phi) is 9.90. The Morgan fingerprint density at radius 1 is 1.14 bits per heavy atom. The normalized spacial score (nSPS) is 11.4. The number of rotatable bonds is 10. The average Bonchev–Trinajstić information content (AvgIpc) is 2.98. The van der Waals surface area contributed by atoms with Gasteiger partial charge in [-0.25, -0.2) is 9.78 Å². The molecule has 42 heavy (non-hydrogen) atoms. The number of aromatic nitrogens is 2. The van der Waals surface area contributed by atoms with Gasteiger partial charge >= 0.3 is 5.97 Å². The molecule has 9 nitrogen and oxygen atoms in total. The first-order valence-electron chi connectivity index (χ1n) is 13.2. The summed E-state index contributed by atoms with van der Waals surface area (Å²) in [5, 5.41) is 5.20. The highest BCUT2D eigenvalue weighted by Gasteiger charge is 2.21. The Labute approximate surface area is 257 Å². The second-order valence-corrected chi connectivity index (χ2v) is 10.8. The van der Waals surface area contributed by atoms with E-state index in [2.05, 4.69) is 39.6 Å². The van der Waals surface area contributed by atoms with Gasteiger partial charge in [-0.05, 0) is 77.2 Å². The number of benzene rings is 3. The average molecular weight is 657 g/mol. The fourth-order valence-corrected chi connectivity index (χ4v) is 5.03. The molecule has 0 fully saturated rings. The largest absolute Gasteiger partial charge is 0.496 e. The molecule has 0 saturated carbocycles. The molecular formula is C31H31BrClN3O6. The van der Waals surface area contributed by atoms with Crippen molar-refractivity contribution < 1.29 is 23.7 Å². The third-order valence-electron chi connectivity index (χ3n) is 6.52. The predicted molar refractivity (Wildman–Crippen MR) is 168 cm³/mol. The molecule has 4 aromatic rings. The van der Waals surface area contributed by atoms with Crippen LogP contribution in [0.5, 0.6) is 17.2 Å². The van der Waals surface area contributed by atoms with Crippen molar-refractivity contribution in [1.29, 1.82) is 0 Å². The van der Waals surface area contributed by atoms with Crippen molar-refractivity contribution in [3.63, 3.8) is 0 Å². The van der Waals surface area contributed by atoms with E-state index in [4.69, 9.17) is 30.8 Å². The highest BCUT2D eigenvalue weighted by molar-refractivity contribution is 9.10. The molecule has 0 radical (unpaired) electrons. The molecule has 1 heterocycles. The molecule has 0 saturated heterocycles. The lowest BCUT2D eigenvalue weighted by molar-refractivity contribution is -0.142. The number of nitrogens with zero attached hydrogens (tertiary/aromatic N) is 3. The number of aryl methyl sites for hydroxylation is 1.